The molecule has 1 aromatic rings. The summed E-state index contributed by atoms with van der Waals surface area (Å²) < 4.78 is 13.0. The fourth-order valence-electron chi connectivity index (χ4n) is 2.41. The topological polar surface area (TPSA) is 40.5 Å². The minimum Gasteiger partial charge on any atom is -0.344 e. The number of pyridine rings is 1. The van der Waals surface area contributed by atoms with Crippen LogP contribution in [0.2, 0.25) is 0 Å². The normalized spacial score (nSPS) is 18.6. The maximum Gasteiger partial charge on any atom is 0.254 e. The van der Waals surface area contributed by atoms with Gasteiger partial charge >= 0.3 is 0 Å². The minimum atomic E-state index is -0.763. The molecule has 1 aliphatic rings. The summed E-state index contributed by atoms with van der Waals surface area (Å²) in [4.78, 5) is 12.2. The number of rotatable bonds is 2. The van der Waals surface area contributed by atoms with Crippen molar-refractivity contribution in [2.75, 3.05) is 13.2 Å². The first-order valence-electron chi connectivity index (χ1n) is 5.99. The predicted molar refractivity (Wildman–Crippen MR) is 65.1 cm³/mol. The first-order valence-corrected chi connectivity index (χ1v) is 5.99. The first-order chi connectivity index (χ1) is 7.99. The SMILES string of the molecule is CCn1c(C)cc(C2(C)OCCO2)c(C)c1=O. The Kier molecular flexibility index (Phi) is 3.10. The highest BCUT2D eigenvalue weighted by Gasteiger charge is 2.35. The molecule has 1 aliphatic heterocycles. The summed E-state index contributed by atoms with van der Waals surface area (Å²) >= 11 is 0. The maximum absolute atomic E-state index is 12.2. The fourth-order valence-corrected chi connectivity index (χ4v) is 2.41. The van der Waals surface area contributed by atoms with E-state index < -0.39 is 5.79 Å². The molecule has 0 N–H and O–H groups in total. The summed E-state index contributed by atoms with van der Waals surface area (Å²) in [7, 11) is 0. The van der Waals surface area contributed by atoms with E-state index in [2.05, 4.69) is 0 Å². The molecular weight excluding hydrogens is 218 g/mol. The molecule has 1 saturated heterocycles. The second kappa shape index (κ2) is 4.27. The van der Waals surface area contributed by atoms with Crippen LogP contribution in [0, 0.1) is 13.8 Å². The Labute approximate surface area is 101 Å². The van der Waals surface area contributed by atoms with Crippen LogP contribution in [0.25, 0.3) is 0 Å². The molecule has 0 aromatic carbocycles. The van der Waals surface area contributed by atoms with Gasteiger partial charge in [0, 0.05) is 23.4 Å². The largest absolute Gasteiger partial charge is 0.344 e. The van der Waals surface area contributed by atoms with Crippen molar-refractivity contribution in [1.82, 2.24) is 4.57 Å². The van der Waals surface area contributed by atoms with Crippen molar-refractivity contribution >= 4 is 0 Å². The summed E-state index contributed by atoms with van der Waals surface area (Å²) in [5, 5.41) is 0. The number of aromatic nitrogens is 1. The summed E-state index contributed by atoms with van der Waals surface area (Å²) in [5.74, 6) is -0.763. The molecule has 4 nitrogen and oxygen atoms in total. The molecule has 17 heavy (non-hydrogen) atoms. The monoisotopic (exact) mass is 237 g/mol. The number of hydrogen-bond donors (Lipinski definition) is 0. The van der Waals surface area contributed by atoms with E-state index >= 15 is 0 Å². The van der Waals surface area contributed by atoms with E-state index in [0.717, 1.165) is 11.3 Å². The summed E-state index contributed by atoms with van der Waals surface area (Å²) in [6.07, 6.45) is 0. The van der Waals surface area contributed by atoms with Crippen molar-refractivity contribution in [1.29, 1.82) is 0 Å². The second-order valence-electron chi connectivity index (χ2n) is 4.52. The zero-order chi connectivity index (χ0) is 12.6. The lowest BCUT2D eigenvalue weighted by molar-refractivity contribution is -0.150. The second-order valence-corrected chi connectivity index (χ2v) is 4.52. The molecule has 0 aliphatic carbocycles. The third-order valence-electron chi connectivity index (χ3n) is 3.39. The lowest BCUT2D eigenvalue weighted by atomic mass is 10.0. The minimum absolute atomic E-state index is 0.0443. The average Bonchev–Trinajstić information content (AvgIpc) is 2.72. The van der Waals surface area contributed by atoms with E-state index in [1.807, 2.05) is 33.8 Å². The van der Waals surface area contributed by atoms with E-state index in [9.17, 15) is 4.79 Å². The lowest BCUT2D eigenvalue weighted by Gasteiger charge is -2.25. The van der Waals surface area contributed by atoms with Crippen LogP contribution >= 0.6 is 0 Å². The molecule has 4 heteroatoms. The molecule has 0 saturated carbocycles. The zero-order valence-corrected chi connectivity index (χ0v) is 10.9. The quantitative estimate of drug-likeness (QED) is 0.786. The van der Waals surface area contributed by atoms with Crippen molar-refractivity contribution in [3.8, 4) is 0 Å². The number of aryl methyl sites for hydroxylation is 1. The molecule has 2 heterocycles. The van der Waals surface area contributed by atoms with Gasteiger partial charge in [-0.2, -0.15) is 0 Å². The van der Waals surface area contributed by atoms with Crippen LogP contribution < -0.4 is 5.56 Å². The van der Waals surface area contributed by atoms with Crippen LogP contribution in [0.1, 0.15) is 30.7 Å². The molecule has 0 radical (unpaired) electrons. The van der Waals surface area contributed by atoms with Crippen molar-refractivity contribution < 1.29 is 9.47 Å². The van der Waals surface area contributed by atoms with E-state index in [-0.39, 0.29) is 5.56 Å². The van der Waals surface area contributed by atoms with Crippen LogP contribution in [0.15, 0.2) is 10.9 Å². The van der Waals surface area contributed by atoms with Gasteiger partial charge in [0.25, 0.3) is 5.56 Å². The van der Waals surface area contributed by atoms with Gasteiger partial charge < -0.3 is 14.0 Å². The van der Waals surface area contributed by atoms with Crippen molar-refractivity contribution in [2.45, 2.75) is 40.0 Å². The van der Waals surface area contributed by atoms with Gasteiger partial charge in [-0.1, -0.05) is 0 Å². The lowest BCUT2D eigenvalue weighted by Crippen LogP contribution is -2.31. The van der Waals surface area contributed by atoms with Crippen molar-refractivity contribution in [3.05, 3.63) is 33.2 Å². The van der Waals surface area contributed by atoms with Crippen LogP contribution in [0.3, 0.4) is 0 Å². The number of ether oxygens (including phenoxy) is 2. The molecule has 1 aromatic heterocycles. The van der Waals surface area contributed by atoms with Crippen molar-refractivity contribution in [2.24, 2.45) is 0 Å². The van der Waals surface area contributed by atoms with Gasteiger partial charge in [-0.05, 0) is 33.8 Å². The molecule has 0 atom stereocenters. The van der Waals surface area contributed by atoms with Crippen LogP contribution in [-0.4, -0.2) is 17.8 Å². The van der Waals surface area contributed by atoms with Crippen LogP contribution in [-0.2, 0) is 21.8 Å². The van der Waals surface area contributed by atoms with Crippen molar-refractivity contribution in [3.63, 3.8) is 0 Å². The van der Waals surface area contributed by atoms with Gasteiger partial charge in [0.05, 0.1) is 13.2 Å². The Morgan fingerprint density at radius 2 is 1.94 bits per heavy atom. The average molecular weight is 237 g/mol. The fraction of sp³-hybridized carbons (Fsp3) is 0.615. The Morgan fingerprint density at radius 3 is 2.47 bits per heavy atom. The number of hydrogen-bond acceptors (Lipinski definition) is 3. The zero-order valence-electron chi connectivity index (χ0n) is 10.9. The maximum atomic E-state index is 12.2. The van der Waals surface area contributed by atoms with Gasteiger partial charge in [0.15, 0.2) is 5.79 Å². The van der Waals surface area contributed by atoms with E-state index in [0.29, 0.717) is 25.3 Å². The molecule has 2 rings (SSSR count). The standard InChI is InChI=1S/C13H19NO3/c1-5-14-9(2)8-11(10(3)12(14)15)13(4)16-6-7-17-13/h8H,5-7H2,1-4H3. The third kappa shape index (κ3) is 1.91. The van der Waals surface area contributed by atoms with Gasteiger partial charge in [-0.25, -0.2) is 0 Å². The Morgan fingerprint density at radius 1 is 1.35 bits per heavy atom. The first kappa shape index (κ1) is 12.3. The summed E-state index contributed by atoms with van der Waals surface area (Å²) in [6.45, 7) is 9.45. The third-order valence-corrected chi connectivity index (χ3v) is 3.39. The van der Waals surface area contributed by atoms with Gasteiger partial charge in [0.1, 0.15) is 0 Å². The summed E-state index contributed by atoms with van der Waals surface area (Å²) in [5.41, 5.74) is 2.55. The highest BCUT2D eigenvalue weighted by atomic mass is 16.7. The highest BCUT2D eigenvalue weighted by molar-refractivity contribution is 5.30. The highest BCUT2D eigenvalue weighted by Crippen LogP contribution is 2.32. The van der Waals surface area contributed by atoms with Gasteiger partial charge in [0.2, 0.25) is 0 Å². The Hall–Kier alpha value is -1.13. The summed E-state index contributed by atoms with van der Waals surface area (Å²) in [6, 6.07) is 1.99. The smallest absolute Gasteiger partial charge is 0.254 e. The molecule has 1 fully saturated rings. The van der Waals surface area contributed by atoms with E-state index in [4.69, 9.17) is 9.47 Å². The van der Waals surface area contributed by atoms with Crippen LogP contribution in [0.5, 0.6) is 0 Å². The molecule has 0 unspecified atom stereocenters. The van der Waals surface area contributed by atoms with Crippen LogP contribution in [0.4, 0.5) is 0 Å². The molecule has 0 amide bonds. The number of nitrogens with zero attached hydrogens (tertiary/aromatic N) is 1. The van der Waals surface area contributed by atoms with Gasteiger partial charge in [-0.3, -0.25) is 4.79 Å². The van der Waals surface area contributed by atoms with Gasteiger partial charge in [-0.15, -0.1) is 0 Å². The molecule has 94 valence electrons. The molecule has 0 bridgehead atoms. The van der Waals surface area contributed by atoms with E-state index in [1.165, 1.54) is 0 Å². The Bertz CT molecular complexity index is 484. The van der Waals surface area contributed by atoms with E-state index in [1.54, 1.807) is 4.57 Å². The predicted octanol–water partition coefficient (Wildman–Crippen LogP) is 1.70. The molecule has 0 spiro atoms. The Balaban J connectivity index is 2.60. The molecular formula is C13H19NO3.